The van der Waals surface area contributed by atoms with Crippen LogP contribution in [0.1, 0.15) is 5.69 Å². The van der Waals surface area contributed by atoms with Crippen LogP contribution in [0.25, 0.3) is 0 Å². The summed E-state index contributed by atoms with van der Waals surface area (Å²) in [6.07, 6.45) is 5.98. The maximum Gasteiger partial charge on any atom is 0.267 e. The van der Waals surface area contributed by atoms with Crippen molar-refractivity contribution in [2.24, 2.45) is 0 Å². The molecule has 2 rings (SSSR count). The van der Waals surface area contributed by atoms with Crippen LogP contribution >= 0.6 is 34.2 Å². The Labute approximate surface area is 110 Å². The van der Waals surface area contributed by atoms with Gasteiger partial charge in [-0.25, -0.2) is 9.97 Å². The number of halogens is 2. The fourth-order valence-electron chi connectivity index (χ4n) is 1.13. The normalized spacial score (nSPS) is 10.4. The second-order valence-corrected chi connectivity index (χ2v) is 4.55. The molecule has 0 amide bonds. The van der Waals surface area contributed by atoms with Crippen LogP contribution in [0, 0.1) is 3.57 Å². The molecule has 16 heavy (non-hydrogen) atoms. The van der Waals surface area contributed by atoms with Gasteiger partial charge < -0.3 is 0 Å². The zero-order valence-corrected chi connectivity index (χ0v) is 10.9. The molecule has 0 aliphatic heterocycles. The summed E-state index contributed by atoms with van der Waals surface area (Å²) in [4.78, 5) is 23.6. The topological polar surface area (TPSA) is 60.7 Å². The molecule has 2 aromatic rings. The summed E-state index contributed by atoms with van der Waals surface area (Å²) in [5, 5.41) is 0.330. The van der Waals surface area contributed by atoms with Crippen molar-refractivity contribution in [1.82, 2.24) is 19.5 Å². The summed E-state index contributed by atoms with van der Waals surface area (Å²) in [6.45, 7) is 0.340. The average Bonchev–Trinajstić information content (AvgIpc) is 2.28. The molecular weight excluding hydrogens is 342 g/mol. The first-order valence-corrected chi connectivity index (χ1v) is 5.79. The van der Waals surface area contributed by atoms with Crippen molar-refractivity contribution in [2.45, 2.75) is 6.54 Å². The first kappa shape index (κ1) is 11.5. The van der Waals surface area contributed by atoms with Crippen molar-refractivity contribution in [1.29, 1.82) is 0 Å². The quantitative estimate of drug-likeness (QED) is 0.769. The van der Waals surface area contributed by atoms with E-state index >= 15 is 0 Å². The Morgan fingerprint density at radius 3 is 2.81 bits per heavy atom. The third-order valence-electron chi connectivity index (χ3n) is 1.87. The SMILES string of the molecule is O=c1c(I)cncn1Cc1cnc(Cl)cn1. The van der Waals surface area contributed by atoms with Crippen molar-refractivity contribution in [2.75, 3.05) is 0 Å². The smallest absolute Gasteiger partial charge is 0.267 e. The van der Waals surface area contributed by atoms with Crippen molar-refractivity contribution in [3.05, 3.63) is 49.7 Å². The largest absolute Gasteiger partial charge is 0.292 e. The van der Waals surface area contributed by atoms with Crippen LogP contribution in [0.5, 0.6) is 0 Å². The highest BCUT2D eigenvalue weighted by molar-refractivity contribution is 14.1. The van der Waals surface area contributed by atoms with E-state index in [-0.39, 0.29) is 5.56 Å². The Morgan fingerprint density at radius 2 is 2.12 bits per heavy atom. The van der Waals surface area contributed by atoms with Gasteiger partial charge in [-0.15, -0.1) is 0 Å². The second kappa shape index (κ2) is 4.88. The summed E-state index contributed by atoms with van der Waals surface area (Å²) >= 11 is 7.56. The van der Waals surface area contributed by atoms with Gasteiger partial charge in [-0.3, -0.25) is 14.3 Å². The molecular formula is C9H6ClIN4O. The standard InChI is InChI=1S/C9H6ClIN4O/c10-8-3-13-6(1-14-8)4-15-5-12-2-7(11)9(15)16/h1-3,5H,4H2. The van der Waals surface area contributed by atoms with Gasteiger partial charge in [-0.05, 0) is 22.6 Å². The van der Waals surface area contributed by atoms with Crippen molar-refractivity contribution in [3.8, 4) is 0 Å². The molecule has 0 N–H and O–H groups in total. The number of aromatic nitrogens is 4. The van der Waals surface area contributed by atoms with E-state index in [1.54, 1.807) is 0 Å². The molecule has 0 aliphatic carbocycles. The molecule has 0 unspecified atom stereocenters. The lowest BCUT2D eigenvalue weighted by Crippen LogP contribution is -2.23. The van der Waals surface area contributed by atoms with Gasteiger partial charge >= 0.3 is 0 Å². The van der Waals surface area contributed by atoms with Gasteiger partial charge in [-0.2, -0.15) is 0 Å². The molecule has 0 aromatic carbocycles. The molecule has 0 aliphatic rings. The Balaban J connectivity index is 2.31. The van der Waals surface area contributed by atoms with E-state index in [0.717, 1.165) is 0 Å². The Kier molecular flexibility index (Phi) is 3.49. The van der Waals surface area contributed by atoms with Gasteiger partial charge in [0.25, 0.3) is 5.56 Å². The molecule has 2 aromatic heterocycles. The van der Waals surface area contributed by atoms with Crippen molar-refractivity contribution >= 4 is 34.2 Å². The fraction of sp³-hybridized carbons (Fsp3) is 0.111. The van der Waals surface area contributed by atoms with Crippen molar-refractivity contribution in [3.63, 3.8) is 0 Å². The van der Waals surface area contributed by atoms with Crippen LogP contribution < -0.4 is 5.56 Å². The van der Waals surface area contributed by atoms with E-state index in [4.69, 9.17) is 11.6 Å². The Morgan fingerprint density at radius 1 is 1.31 bits per heavy atom. The Bertz CT molecular complexity index is 554. The summed E-state index contributed by atoms with van der Waals surface area (Å²) in [7, 11) is 0. The van der Waals surface area contributed by atoms with Crippen LogP contribution in [0.2, 0.25) is 5.15 Å². The maximum absolute atomic E-state index is 11.7. The zero-order valence-electron chi connectivity index (χ0n) is 7.97. The molecule has 0 saturated carbocycles. The summed E-state index contributed by atoms with van der Waals surface area (Å²) < 4.78 is 2.04. The lowest BCUT2D eigenvalue weighted by atomic mass is 10.4. The lowest BCUT2D eigenvalue weighted by molar-refractivity contribution is 0.710. The number of nitrogens with zero attached hydrogens (tertiary/aromatic N) is 4. The fourth-order valence-corrected chi connectivity index (χ4v) is 1.70. The number of rotatable bonds is 2. The maximum atomic E-state index is 11.7. The molecule has 5 nitrogen and oxygen atoms in total. The average molecular weight is 349 g/mol. The van der Waals surface area contributed by atoms with Gasteiger partial charge in [-0.1, -0.05) is 11.6 Å². The van der Waals surface area contributed by atoms with Crippen LogP contribution in [0.15, 0.2) is 29.7 Å². The molecule has 0 radical (unpaired) electrons. The predicted molar refractivity (Wildman–Crippen MR) is 67.4 cm³/mol. The van der Waals surface area contributed by atoms with Gasteiger partial charge in [0.1, 0.15) is 5.15 Å². The first-order chi connectivity index (χ1) is 7.66. The molecule has 0 fully saturated rings. The molecule has 0 spiro atoms. The highest BCUT2D eigenvalue weighted by Crippen LogP contribution is 2.02. The predicted octanol–water partition coefficient (Wildman–Crippen LogP) is 1.34. The van der Waals surface area contributed by atoms with Crippen LogP contribution in [0.3, 0.4) is 0 Å². The first-order valence-electron chi connectivity index (χ1n) is 4.33. The minimum atomic E-state index is -0.0904. The van der Waals surface area contributed by atoms with Crippen LogP contribution in [-0.4, -0.2) is 19.5 Å². The highest BCUT2D eigenvalue weighted by atomic mass is 127. The summed E-state index contributed by atoms with van der Waals surface area (Å²) in [5.74, 6) is 0. The van der Waals surface area contributed by atoms with E-state index in [9.17, 15) is 4.79 Å². The molecule has 82 valence electrons. The minimum absolute atomic E-state index is 0.0904. The minimum Gasteiger partial charge on any atom is -0.292 e. The van der Waals surface area contributed by atoms with E-state index in [1.165, 1.54) is 29.5 Å². The second-order valence-electron chi connectivity index (χ2n) is 3.01. The van der Waals surface area contributed by atoms with E-state index in [2.05, 4.69) is 15.0 Å². The third-order valence-corrected chi connectivity index (χ3v) is 2.80. The molecule has 7 heteroatoms. The van der Waals surface area contributed by atoms with Gasteiger partial charge in [0.15, 0.2) is 0 Å². The number of hydrogen-bond donors (Lipinski definition) is 0. The van der Waals surface area contributed by atoms with Gasteiger partial charge in [0, 0.05) is 6.20 Å². The lowest BCUT2D eigenvalue weighted by Gasteiger charge is -2.03. The van der Waals surface area contributed by atoms with Gasteiger partial charge in [0.2, 0.25) is 0 Å². The van der Waals surface area contributed by atoms with Crippen LogP contribution in [-0.2, 0) is 6.54 Å². The molecule has 2 heterocycles. The highest BCUT2D eigenvalue weighted by Gasteiger charge is 2.03. The molecule has 0 bridgehead atoms. The van der Waals surface area contributed by atoms with Crippen molar-refractivity contribution < 1.29 is 0 Å². The van der Waals surface area contributed by atoms with E-state index in [1.807, 2.05) is 22.6 Å². The van der Waals surface area contributed by atoms with E-state index in [0.29, 0.717) is 21.0 Å². The monoisotopic (exact) mass is 348 g/mol. The zero-order chi connectivity index (χ0) is 11.5. The third kappa shape index (κ3) is 2.56. The molecule has 0 atom stereocenters. The van der Waals surface area contributed by atoms with E-state index < -0.39 is 0 Å². The number of hydrogen-bond acceptors (Lipinski definition) is 4. The van der Waals surface area contributed by atoms with Crippen LogP contribution in [0.4, 0.5) is 0 Å². The van der Waals surface area contributed by atoms with Gasteiger partial charge in [0.05, 0.1) is 34.5 Å². The molecule has 0 saturated heterocycles. The summed E-state index contributed by atoms with van der Waals surface area (Å²) in [5.41, 5.74) is 0.572. The Hall–Kier alpha value is -1.02. The summed E-state index contributed by atoms with van der Waals surface area (Å²) in [6, 6.07) is 0.